The minimum atomic E-state index is 0.482. The highest BCUT2D eigenvalue weighted by molar-refractivity contribution is 4.98. The van der Waals surface area contributed by atoms with Crippen LogP contribution in [0, 0.1) is 0 Å². The van der Waals surface area contributed by atoms with Crippen LogP contribution < -0.4 is 5.73 Å². The topological polar surface area (TPSA) is 42.4 Å². The van der Waals surface area contributed by atoms with Crippen molar-refractivity contribution in [2.45, 2.75) is 45.7 Å². The van der Waals surface area contributed by atoms with Crippen molar-refractivity contribution in [1.29, 1.82) is 0 Å². The summed E-state index contributed by atoms with van der Waals surface area (Å²) in [5, 5.41) is 0. The molecule has 0 bridgehead atoms. The molecule has 1 heterocycles. The van der Waals surface area contributed by atoms with E-state index in [0.29, 0.717) is 6.04 Å². The van der Waals surface area contributed by atoms with E-state index in [2.05, 4.69) is 18.7 Å². The summed E-state index contributed by atoms with van der Waals surface area (Å²) >= 11 is 0. The van der Waals surface area contributed by atoms with Crippen LogP contribution in [-0.2, 0) is 6.54 Å². The van der Waals surface area contributed by atoms with E-state index in [4.69, 9.17) is 10.2 Å². The van der Waals surface area contributed by atoms with Crippen LogP contribution in [0.5, 0.6) is 0 Å². The number of rotatable bonds is 8. The third kappa shape index (κ3) is 3.99. The first-order chi connectivity index (χ1) is 7.81. The van der Waals surface area contributed by atoms with Crippen molar-refractivity contribution in [3.8, 4) is 0 Å². The predicted molar refractivity (Wildman–Crippen MR) is 67.2 cm³/mol. The summed E-state index contributed by atoms with van der Waals surface area (Å²) in [7, 11) is 0. The predicted octanol–water partition coefficient (Wildman–Crippen LogP) is 2.62. The molecule has 0 spiro atoms. The Morgan fingerprint density at radius 1 is 1.44 bits per heavy atom. The van der Waals surface area contributed by atoms with Gasteiger partial charge in [-0.2, -0.15) is 0 Å². The molecule has 0 saturated carbocycles. The van der Waals surface area contributed by atoms with Gasteiger partial charge < -0.3 is 10.2 Å². The largest absolute Gasteiger partial charge is 0.468 e. The second kappa shape index (κ2) is 7.47. The van der Waals surface area contributed by atoms with Gasteiger partial charge in [0.1, 0.15) is 5.76 Å². The highest BCUT2D eigenvalue weighted by Gasteiger charge is 2.16. The lowest BCUT2D eigenvalue weighted by Gasteiger charge is -2.29. The molecule has 0 radical (unpaired) electrons. The van der Waals surface area contributed by atoms with E-state index in [-0.39, 0.29) is 0 Å². The van der Waals surface area contributed by atoms with E-state index >= 15 is 0 Å². The van der Waals surface area contributed by atoms with E-state index in [0.717, 1.165) is 25.4 Å². The molecule has 16 heavy (non-hydrogen) atoms. The number of nitrogens with two attached hydrogens (primary N) is 1. The number of furan rings is 1. The average Bonchev–Trinajstić information content (AvgIpc) is 2.81. The van der Waals surface area contributed by atoms with Crippen molar-refractivity contribution in [3.63, 3.8) is 0 Å². The van der Waals surface area contributed by atoms with Gasteiger partial charge in [0.15, 0.2) is 0 Å². The Kier molecular flexibility index (Phi) is 6.19. The van der Waals surface area contributed by atoms with Crippen molar-refractivity contribution < 1.29 is 4.42 Å². The van der Waals surface area contributed by atoms with E-state index in [1.807, 2.05) is 12.1 Å². The maximum atomic E-state index is 5.85. The summed E-state index contributed by atoms with van der Waals surface area (Å²) in [5.41, 5.74) is 5.85. The fourth-order valence-corrected chi connectivity index (χ4v) is 1.99. The van der Waals surface area contributed by atoms with Gasteiger partial charge >= 0.3 is 0 Å². The summed E-state index contributed by atoms with van der Waals surface area (Å²) in [4.78, 5) is 2.40. The molecule has 1 rings (SSSR count). The van der Waals surface area contributed by atoms with Crippen LogP contribution in [-0.4, -0.2) is 24.0 Å². The molecular formula is C13H24N2O. The van der Waals surface area contributed by atoms with Gasteiger partial charge in [-0.25, -0.2) is 0 Å². The van der Waals surface area contributed by atoms with E-state index in [9.17, 15) is 0 Å². The molecule has 0 aromatic carbocycles. The fourth-order valence-electron chi connectivity index (χ4n) is 1.99. The number of hydrogen-bond donors (Lipinski definition) is 1. The molecule has 3 nitrogen and oxygen atoms in total. The van der Waals surface area contributed by atoms with Gasteiger partial charge in [-0.15, -0.1) is 0 Å². The lowest BCUT2D eigenvalue weighted by molar-refractivity contribution is 0.175. The van der Waals surface area contributed by atoms with Gasteiger partial charge in [-0.3, -0.25) is 4.90 Å². The lowest BCUT2D eigenvalue weighted by Crippen LogP contribution is -2.40. The normalized spacial score (nSPS) is 13.2. The summed E-state index contributed by atoms with van der Waals surface area (Å²) in [6, 6.07) is 4.44. The smallest absolute Gasteiger partial charge is 0.117 e. The molecule has 3 heteroatoms. The second-order valence-corrected chi connectivity index (χ2v) is 4.17. The van der Waals surface area contributed by atoms with Gasteiger partial charge in [0.2, 0.25) is 0 Å². The Hall–Kier alpha value is -0.800. The lowest BCUT2D eigenvalue weighted by atomic mass is 10.1. The fraction of sp³-hybridized carbons (Fsp3) is 0.692. The molecule has 1 aromatic heterocycles. The Morgan fingerprint density at radius 2 is 2.25 bits per heavy atom. The molecule has 1 atom stereocenters. The van der Waals surface area contributed by atoms with Crippen LogP contribution in [0.1, 0.15) is 38.9 Å². The first-order valence-corrected chi connectivity index (χ1v) is 6.28. The maximum Gasteiger partial charge on any atom is 0.117 e. The van der Waals surface area contributed by atoms with E-state index < -0.39 is 0 Å². The average molecular weight is 224 g/mol. The van der Waals surface area contributed by atoms with E-state index in [1.54, 1.807) is 6.26 Å². The molecule has 0 aliphatic rings. The molecular weight excluding hydrogens is 200 g/mol. The molecule has 0 fully saturated rings. The number of nitrogens with zero attached hydrogens (tertiary/aromatic N) is 1. The number of unbranched alkanes of at least 4 members (excludes halogenated alkanes) is 1. The van der Waals surface area contributed by atoms with Crippen molar-refractivity contribution in [2.24, 2.45) is 5.73 Å². The van der Waals surface area contributed by atoms with Gasteiger partial charge in [-0.1, -0.05) is 26.7 Å². The van der Waals surface area contributed by atoms with Crippen LogP contribution in [0.2, 0.25) is 0 Å². The van der Waals surface area contributed by atoms with Crippen molar-refractivity contribution in [3.05, 3.63) is 24.2 Å². The zero-order chi connectivity index (χ0) is 11.8. The molecule has 1 unspecified atom stereocenters. The third-order valence-corrected chi connectivity index (χ3v) is 3.02. The summed E-state index contributed by atoms with van der Waals surface area (Å²) in [6.45, 7) is 7.02. The minimum absolute atomic E-state index is 0.482. The molecule has 2 N–H and O–H groups in total. The van der Waals surface area contributed by atoms with Crippen molar-refractivity contribution >= 4 is 0 Å². The Labute approximate surface area is 98.6 Å². The minimum Gasteiger partial charge on any atom is -0.468 e. The highest BCUT2D eigenvalue weighted by Crippen LogP contribution is 2.12. The van der Waals surface area contributed by atoms with Crippen molar-refractivity contribution in [2.75, 3.05) is 13.1 Å². The van der Waals surface area contributed by atoms with Gasteiger partial charge in [0, 0.05) is 12.6 Å². The van der Waals surface area contributed by atoms with Gasteiger partial charge in [-0.05, 0) is 25.1 Å². The Bertz CT molecular complexity index is 259. The summed E-state index contributed by atoms with van der Waals surface area (Å²) in [6.07, 6.45) is 5.39. The van der Waals surface area contributed by atoms with Gasteiger partial charge in [0.05, 0.1) is 12.8 Å². The zero-order valence-corrected chi connectivity index (χ0v) is 10.5. The van der Waals surface area contributed by atoms with Crippen LogP contribution in [0.3, 0.4) is 0 Å². The van der Waals surface area contributed by atoms with Crippen LogP contribution in [0.25, 0.3) is 0 Å². The molecule has 0 saturated heterocycles. The first-order valence-electron chi connectivity index (χ1n) is 6.28. The molecule has 92 valence electrons. The Morgan fingerprint density at radius 3 is 2.75 bits per heavy atom. The quantitative estimate of drug-likeness (QED) is 0.738. The second-order valence-electron chi connectivity index (χ2n) is 4.17. The summed E-state index contributed by atoms with van der Waals surface area (Å²) in [5.74, 6) is 1.02. The number of likely N-dealkylation sites (N-methyl/N-ethyl adjacent to an activating group) is 1. The number of hydrogen-bond acceptors (Lipinski definition) is 3. The highest BCUT2D eigenvalue weighted by atomic mass is 16.3. The third-order valence-electron chi connectivity index (χ3n) is 3.02. The molecule has 1 aromatic rings. The van der Waals surface area contributed by atoms with Crippen LogP contribution in [0.4, 0.5) is 0 Å². The van der Waals surface area contributed by atoms with E-state index in [1.165, 1.54) is 19.3 Å². The Balaban J connectivity index is 2.49. The zero-order valence-electron chi connectivity index (χ0n) is 10.5. The SMILES string of the molecule is CCCCC(CN)N(CC)Cc1ccco1. The molecule has 0 aliphatic heterocycles. The molecule has 0 amide bonds. The first kappa shape index (κ1) is 13.3. The summed E-state index contributed by atoms with van der Waals surface area (Å²) < 4.78 is 5.38. The maximum absolute atomic E-state index is 5.85. The monoisotopic (exact) mass is 224 g/mol. The van der Waals surface area contributed by atoms with Crippen molar-refractivity contribution in [1.82, 2.24) is 4.90 Å². The van der Waals surface area contributed by atoms with Gasteiger partial charge in [0.25, 0.3) is 0 Å². The molecule has 0 aliphatic carbocycles. The van der Waals surface area contributed by atoms with Crippen LogP contribution in [0.15, 0.2) is 22.8 Å². The standard InChI is InChI=1S/C13H24N2O/c1-3-5-7-12(10-14)15(4-2)11-13-8-6-9-16-13/h6,8-9,12H,3-5,7,10-11,14H2,1-2H3. The van der Waals surface area contributed by atoms with Crippen LogP contribution >= 0.6 is 0 Å².